The van der Waals surface area contributed by atoms with Gasteiger partial charge in [0.15, 0.2) is 5.60 Å². The molecule has 4 heterocycles. The summed E-state index contributed by atoms with van der Waals surface area (Å²) in [7, 11) is -4.79. The first-order valence-electron chi connectivity index (χ1n) is 19.4. The number of Topliss-reactive ketones (excluding diaryl/α,β-unsaturated/α-hetero) is 1. The van der Waals surface area contributed by atoms with E-state index in [1.54, 1.807) is 40.7 Å². The third-order valence-electron chi connectivity index (χ3n) is 11.0. The highest BCUT2D eigenvalue weighted by molar-refractivity contribution is 7.80. The quantitative estimate of drug-likeness (QED) is 0.109. The van der Waals surface area contributed by atoms with Gasteiger partial charge in [0.25, 0.3) is 5.56 Å². The highest BCUT2D eigenvalue weighted by atomic mass is 32.3. The number of fused-ring (bicyclic) bond motifs is 5. The van der Waals surface area contributed by atoms with E-state index in [1.807, 2.05) is 0 Å². The van der Waals surface area contributed by atoms with Crippen LogP contribution in [0.15, 0.2) is 16.9 Å². The van der Waals surface area contributed by atoms with Crippen LogP contribution in [0.4, 0.5) is 4.39 Å². The third kappa shape index (κ3) is 9.24. The molecule has 2 aromatic heterocycles. The van der Waals surface area contributed by atoms with E-state index in [9.17, 15) is 37.5 Å². The van der Waals surface area contributed by atoms with Crippen LogP contribution in [-0.4, -0.2) is 107 Å². The molecule has 3 aromatic rings. The molecule has 6 rings (SSSR count). The summed E-state index contributed by atoms with van der Waals surface area (Å²) < 4.78 is 69.0. The number of amides is 1. The average Bonchev–Trinajstić information content (AvgIpc) is 3.52. The number of ether oxygens (including phenoxy) is 3. The first-order valence-corrected chi connectivity index (χ1v) is 20.8. The van der Waals surface area contributed by atoms with Crippen LogP contribution in [0.5, 0.6) is 0 Å². The third-order valence-corrected chi connectivity index (χ3v) is 11.5. The van der Waals surface area contributed by atoms with Crippen molar-refractivity contribution in [2.45, 2.75) is 104 Å². The minimum absolute atomic E-state index is 0.0176. The van der Waals surface area contributed by atoms with E-state index in [4.69, 9.17) is 23.7 Å². The second kappa shape index (κ2) is 16.8. The van der Waals surface area contributed by atoms with Gasteiger partial charge in [-0.15, -0.1) is 0 Å². The maximum Gasteiger partial charge on any atom is 0.397 e. The van der Waals surface area contributed by atoms with E-state index in [2.05, 4.69) is 9.50 Å². The van der Waals surface area contributed by atoms with E-state index in [-0.39, 0.29) is 75.8 Å². The lowest BCUT2D eigenvalue weighted by molar-refractivity contribution is -0.172. The Hall–Kier alpha value is -4.66. The van der Waals surface area contributed by atoms with Crippen molar-refractivity contribution < 1.29 is 60.0 Å². The Kier molecular flexibility index (Phi) is 12.5. The lowest BCUT2D eigenvalue weighted by Crippen LogP contribution is -2.44. The SMILES string of the molecule is CC[C@@]1(O)C(=O)OCc2c1cc1n(c2=O)Cc2c-1nc1cc(F)c(C)c3c1c2[C@H](CC(=O)CN(CCOC(=O)[C@H](C)NC(=O)COC(C)(C)C)CCOS(=O)(=O)O)CC3. The molecule has 19 heteroatoms. The number of aryl methyl sites for hydroxylation is 1. The normalized spacial score (nSPS) is 18.9. The molecule has 2 aliphatic heterocycles. The van der Waals surface area contributed by atoms with E-state index in [0.29, 0.717) is 46.3 Å². The molecule has 1 aromatic carbocycles. The molecule has 0 unspecified atom stereocenters. The van der Waals surface area contributed by atoms with Crippen LogP contribution < -0.4 is 10.9 Å². The lowest BCUT2D eigenvalue weighted by atomic mass is 9.76. The summed E-state index contributed by atoms with van der Waals surface area (Å²) in [5.74, 6) is -3.30. The number of rotatable bonds is 16. The van der Waals surface area contributed by atoms with E-state index < -0.39 is 69.4 Å². The molecule has 3 N–H and O–H groups in total. The molecule has 320 valence electrons. The van der Waals surface area contributed by atoms with Crippen molar-refractivity contribution in [2.75, 3.05) is 39.5 Å². The van der Waals surface area contributed by atoms with Gasteiger partial charge in [-0.2, -0.15) is 8.42 Å². The Labute approximate surface area is 340 Å². The van der Waals surface area contributed by atoms with Gasteiger partial charge in [0.05, 0.1) is 47.8 Å². The number of nitrogens with zero attached hydrogens (tertiary/aromatic N) is 3. The van der Waals surface area contributed by atoms with Crippen molar-refractivity contribution in [2.24, 2.45) is 0 Å². The van der Waals surface area contributed by atoms with E-state index >= 15 is 4.39 Å². The molecule has 3 atom stereocenters. The summed E-state index contributed by atoms with van der Waals surface area (Å²) in [4.78, 5) is 71.9. The number of benzene rings is 1. The second-order valence-electron chi connectivity index (χ2n) is 16.2. The van der Waals surface area contributed by atoms with Crippen LogP contribution in [0.25, 0.3) is 22.3 Å². The zero-order valence-corrected chi connectivity index (χ0v) is 34.6. The smallest absolute Gasteiger partial charge is 0.397 e. The topological polar surface area (TPSA) is 230 Å². The van der Waals surface area contributed by atoms with E-state index in [0.717, 1.165) is 11.1 Å². The standard InChI is InChI=1S/C40H49FN4O13S/c1-7-40(51)28-15-31-35-26(18-45(31)36(48)27(28)19-56-38(40)50)33-23(8-9-25-21(2)29(41)16-30(43-35)34(25)33)14-24(46)17-44(11-13-58-59(52,53)54)10-12-55-37(49)22(3)42-32(47)20-57-39(4,5)6/h15-16,22-23,51H,7-14,17-20H2,1-6H3,(H,42,47)(H,52,53,54)/t22-,23-,40-/m0/s1. The Balaban J connectivity index is 1.25. The summed E-state index contributed by atoms with van der Waals surface area (Å²) in [5, 5.41) is 14.5. The average molecular weight is 845 g/mol. The largest absolute Gasteiger partial charge is 0.463 e. The number of aromatic nitrogens is 2. The number of carbonyl (C=O) groups excluding carboxylic acids is 4. The Morgan fingerprint density at radius 2 is 1.86 bits per heavy atom. The number of carbonyl (C=O) groups is 4. The Morgan fingerprint density at radius 3 is 2.54 bits per heavy atom. The monoisotopic (exact) mass is 844 g/mol. The lowest BCUT2D eigenvalue weighted by Gasteiger charge is -2.31. The molecule has 0 saturated carbocycles. The number of hydrogen-bond acceptors (Lipinski definition) is 14. The summed E-state index contributed by atoms with van der Waals surface area (Å²) in [5.41, 5.74) is 0.824. The number of pyridine rings is 2. The molecule has 17 nitrogen and oxygen atoms in total. The van der Waals surface area contributed by atoms with Crippen LogP contribution in [-0.2, 0) is 73.1 Å². The first kappa shape index (κ1) is 43.9. The number of cyclic esters (lactones) is 1. The fourth-order valence-electron chi connectivity index (χ4n) is 8.01. The summed E-state index contributed by atoms with van der Waals surface area (Å²) >= 11 is 0. The number of nitrogens with one attached hydrogen (secondary N) is 1. The minimum Gasteiger partial charge on any atom is -0.463 e. The van der Waals surface area contributed by atoms with Gasteiger partial charge in [0.1, 0.15) is 37.5 Å². The van der Waals surface area contributed by atoms with E-state index in [1.165, 1.54) is 22.5 Å². The zero-order chi connectivity index (χ0) is 43.2. The van der Waals surface area contributed by atoms with Gasteiger partial charge < -0.3 is 29.2 Å². The molecular formula is C40H49FN4O13S. The molecule has 0 radical (unpaired) electrons. The number of ketones is 1. The van der Waals surface area contributed by atoms with Gasteiger partial charge in [-0.25, -0.2) is 23.1 Å². The maximum absolute atomic E-state index is 15.4. The van der Waals surface area contributed by atoms with Crippen molar-refractivity contribution in [3.05, 3.63) is 61.7 Å². The summed E-state index contributed by atoms with van der Waals surface area (Å²) in [6.07, 6.45) is 0.822. The predicted octanol–water partition coefficient (Wildman–Crippen LogP) is 2.50. The molecule has 0 bridgehead atoms. The first-order chi connectivity index (χ1) is 27.6. The van der Waals surface area contributed by atoms with Crippen LogP contribution in [0.3, 0.4) is 0 Å². The van der Waals surface area contributed by atoms with Gasteiger partial charge in [0.2, 0.25) is 5.91 Å². The van der Waals surface area contributed by atoms with Gasteiger partial charge in [-0.05, 0) is 82.6 Å². The maximum atomic E-state index is 15.4. The fourth-order valence-corrected chi connectivity index (χ4v) is 8.29. The van der Waals surface area contributed by atoms with Gasteiger partial charge in [0, 0.05) is 42.1 Å². The van der Waals surface area contributed by atoms with Crippen molar-refractivity contribution in [3.8, 4) is 11.4 Å². The van der Waals surface area contributed by atoms with Gasteiger partial charge in [-0.1, -0.05) is 6.92 Å². The van der Waals surface area contributed by atoms with Crippen molar-refractivity contribution in [3.63, 3.8) is 0 Å². The van der Waals surface area contributed by atoms with Crippen molar-refractivity contribution in [1.82, 2.24) is 19.8 Å². The number of halogens is 1. The number of hydrogen-bond donors (Lipinski definition) is 3. The second-order valence-corrected chi connectivity index (χ2v) is 17.3. The molecule has 0 saturated heterocycles. The Morgan fingerprint density at radius 1 is 1.15 bits per heavy atom. The van der Waals surface area contributed by atoms with Crippen molar-refractivity contribution in [1.29, 1.82) is 0 Å². The minimum atomic E-state index is -4.79. The highest BCUT2D eigenvalue weighted by Crippen LogP contribution is 2.47. The molecular weight excluding hydrogens is 796 g/mol. The van der Waals surface area contributed by atoms with Crippen LogP contribution in [0, 0.1) is 12.7 Å². The number of aliphatic hydroxyl groups is 1. The number of esters is 2. The highest BCUT2D eigenvalue weighted by Gasteiger charge is 2.46. The Bertz CT molecular complexity index is 2390. The fraction of sp³-hybridized carbons (Fsp3) is 0.550. The van der Waals surface area contributed by atoms with Crippen LogP contribution >= 0.6 is 0 Å². The molecule has 0 fully saturated rings. The summed E-state index contributed by atoms with van der Waals surface area (Å²) in [6.45, 7) is 8.36. The van der Waals surface area contributed by atoms with Crippen molar-refractivity contribution >= 4 is 44.9 Å². The molecule has 59 heavy (non-hydrogen) atoms. The molecule has 1 aliphatic carbocycles. The molecule has 0 spiro atoms. The molecule has 1 amide bonds. The van der Waals surface area contributed by atoms with Gasteiger partial charge >= 0.3 is 22.3 Å². The zero-order valence-electron chi connectivity index (χ0n) is 33.8. The predicted molar refractivity (Wildman–Crippen MR) is 208 cm³/mol. The van der Waals surface area contributed by atoms with Crippen LogP contribution in [0.1, 0.15) is 93.2 Å². The van der Waals surface area contributed by atoms with Gasteiger partial charge in [-0.3, -0.25) is 23.8 Å². The summed E-state index contributed by atoms with van der Waals surface area (Å²) in [6, 6.07) is 1.88. The molecule has 3 aliphatic rings. The van der Waals surface area contributed by atoms with Crippen LogP contribution in [0.2, 0.25) is 0 Å².